The van der Waals surface area contributed by atoms with Crippen LogP contribution < -0.4 is 5.32 Å². The van der Waals surface area contributed by atoms with Crippen molar-refractivity contribution in [2.75, 3.05) is 11.9 Å². The molecule has 2 aromatic rings. The maximum absolute atomic E-state index is 14.0. The van der Waals surface area contributed by atoms with Gasteiger partial charge < -0.3 is 10.4 Å². The number of hydrogen-bond donors (Lipinski definition) is 2. The van der Waals surface area contributed by atoms with Gasteiger partial charge in [0.15, 0.2) is 0 Å². The van der Waals surface area contributed by atoms with E-state index in [1.807, 2.05) is 18.2 Å². The molecule has 3 heteroatoms. The van der Waals surface area contributed by atoms with Crippen LogP contribution in [0, 0.1) is 5.82 Å². The van der Waals surface area contributed by atoms with Gasteiger partial charge in [-0.1, -0.05) is 42.8 Å². The largest absolute Gasteiger partial charge is 0.394 e. The molecular weight excluding hydrogens is 265 g/mol. The first-order valence-corrected chi connectivity index (χ1v) is 7.47. The lowest BCUT2D eigenvalue weighted by Gasteiger charge is -2.35. The Balaban J connectivity index is 2.05. The Morgan fingerprint density at radius 3 is 2.62 bits per heavy atom. The molecule has 0 bridgehead atoms. The Morgan fingerprint density at radius 1 is 1.05 bits per heavy atom. The van der Waals surface area contributed by atoms with Gasteiger partial charge in [-0.3, -0.25) is 0 Å². The van der Waals surface area contributed by atoms with Crippen molar-refractivity contribution in [2.24, 2.45) is 0 Å². The second-order valence-corrected chi connectivity index (χ2v) is 5.71. The van der Waals surface area contributed by atoms with Crippen LogP contribution in [0.4, 0.5) is 10.1 Å². The molecule has 0 amide bonds. The quantitative estimate of drug-likeness (QED) is 0.840. The van der Waals surface area contributed by atoms with Crippen molar-refractivity contribution in [2.45, 2.75) is 31.2 Å². The van der Waals surface area contributed by atoms with Crippen molar-refractivity contribution in [1.82, 2.24) is 0 Å². The molecule has 0 fully saturated rings. The first kappa shape index (κ1) is 14.1. The van der Waals surface area contributed by atoms with Crippen LogP contribution in [0.2, 0.25) is 0 Å². The zero-order valence-corrected chi connectivity index (χ0v) is 12.0. The molecular formula is C18H20FNO. The van der Waals surface area contributed by atoms with Gasteiger partial charge >= 0.3 is 0 Å². The van der Waals surface area contributed by atoms with Gasteiger partial charge in [0.05, 0.1) is 17.8 Å². The number of aryl methyl sites for hydroxylation is 1. The van der Waals surface area contributed by atoms with E-state index < -0.39 is 5.54 Å². The van der Waals surface area contributed by atoms with Gasteiger partial charge in [0.2, 0.25) is 0 Å². The van der Waals surface area contributed by atoms with Crippen LogP contribution in [-0.4, -0.2) is 11.7 Å². The molecule has 3 rings (SSSR count). The van der Waals surface area contributed by atoms with Crippen LogP contribution in [0.25, 0.3) is 0 Å². The highest BCUT2D eigenvalue weighted by Gasteiger charge is 2.35. The fourth-order valence-corrected chi connectivity index (χ4v) is 3.24. The lowest BCUT2D eigenvalue weighted by atomic mass is 9.84. The fraction of sp³-hybridized carbons (Fsp3) is 0.333. The second kappa shape index (κ2) is 5.86. The average Bonchev–Trinajstić information content (AvgIpc) is 2.70. The standard InChI is InChI=1S/C18H20FNO/c19-16-10-3-4-11-17(16)20-18(13-21)12-6-5-8-14-7-1-2-9-15(14)18/h1-4,7,9-11,20-21H,5-6,8,12-13H2. The predicted octanol–water partition coefficient (Wildman–Crippen LogP) is 3.85. The number of nitrogens with one attached hydrogen (secondary N) is 1. The molecule has 110 valence electrons. The van der Waals surface area contributed by atoms with Crippen molar-refractivity contribution in [3.8, 4) is 0 Å². The number of anilines is 1. The summed E-state index contributed by atoms with van der Waals surface area (Å²) in [7, 11) is 0. The normalized spacial score (nSPS) is 21.4. The molecule has 0 saturated heterocycles. The van der Waals surface area contributed by atoms with Crippen LogP contribution >= 0.6 is 0 Å². The Hall–Kier alpha value is -1.87. The van der Waals surface area contributed by atoms with E-state index in [2.05, 4.69) is 11.4 Å². The maximum Gasteiger partial charge on any atom is 0.146 e. The molecule has 0 aliphatic heterocycles. The van der Waals surface area contributed by atoms with Gasteiger partial charge in [-0.05, 0) is 42.5 Å². The highest BCUT2D eigenvalue weighted by atomic mass is 19.1. The highest BCUT2D eigenvalue weighted by Crippen LogP contribution is 2.37. The SMILES string of the molecule is OCC1(Nc2ccccc2F)CCCCc2ccccc21. The molecule has 1 unspecified atom stereocenters. The van der Waals surface area contributed by atoms with Crippen LogP contribution in [0.15, 0.2) is 48.5 Å². The summed E-state index contributed by atoms with van der Waals surface area (Å²) in [5.41, 5.74) is 2.18. The van der Waals surface area contributed by atoms with Crippen molar-refractivity contribution in [3.63, 3.8) is 0 Å². The minimum Gasteiger partial charge on any atom is -0.394 e. The Bertz CT molecular complexity index is 628. The zero-order valence-electron chi connectivity index (χ0n) is 12.0. The minimum atomic E-state index is -0.602. The lowest BCUT2D eigenvalue weighted by molar-refractivity contribution is 0.202. The molecule has 0 saturated carbocycles. The Morgan fingerprint density at radius 2 is 1.81 bits per heavy atom. The topological polar surface area (TPSA) is 32.3 Å². The summed E-state index contributed by atoms with van der Waals surface area (Å²) in [5.74, 6) is -0.285. The van der Waals surface area contributed by atoms with E-state index in [4.69, 9.17) is 0 Å². The summed E-state index contributed by atoms with van der Waals surface area (Å²) in [6.45, 7) is -0.0433. The van der Waals surface area contributed by atoms with Crippen LogP contribution in [0.1, 0.15) is 30.4 Å². The van der Waals surface area contributed by atoms with Crippen LogP contribution in [-0.2, 0) is 12.0 Å². The molecule has 1 aliphatic carbocycles. The second-order valence-electron chi connectivity index (χ2n) is 5.71. The van der Waals surface area contributed by atoms with E-state index in [0.29, 0.717) is 5.69 Å². The number of benzene rings is 2. The number of hydrogen-bond acceptors (Lipinski definition) is 2. The Kier molecular flexibility index (Phi) is 3.93. The minimum absolute atomic E-state index is 0.0433. The van der Waals surface area contributed by atoms with Gasteiger partial charge in [0.25, 0.3) is 0 Å². The van der Waals surface area contributed by atoms with Gasteiger partial charge in [0.1, 0.15) is 5.82 Å². The number of halogens is 1. The Labute approximate surface area is 124 Å². The van der Waals surface area contributed by atoms with E-state index in [1.165, 1.54) is 11.6 Å². The van der Waals surface area contributed by atoms with Gasteiger partial charge in [-0.15, -0.1) is 0 Å². The van der Waals surface area contributed by atoms with E-state index in [1.54, 1.807) is 18.2 Å². The smallest absolute Gasteiger partial charge is 0.146 e. The number of aliphatic hydroxyl groups is 1. The van der Waals surface area contributed by atoms with Crippen LogP contribution in [0.3, 0.4) is 0 Å². The summed E-state index contributed by atoms with van der Waals surface area (Å²) >= 11 is 0. The maximum atomic E-state index is 14.0. The summed E-state index contributed by atoms with van der Waals surface area (Å²) in [6.07, 6.45) is 3.92. The third-order valence-electron chi connectivity index (χ3n) is 4.35. The monoisotopic (exact) mass is 285 g/mol. The molecule has 2 nitrogen and oxygen atoms in total. The van der Waals surface area contributed by atoms with Crippen molar-refractivity contribution < 1.29 is 9.50 Å². The molecule has 1 aliphatic rings. The van der Waals surface area contributed by atoms with E-state index in [9.17, 15) is 9.50 Å². The molecule has 21 heavy (non-hydrogen) atoms. The van der Waals surface area contributed by atoms with Gasteiger partial charge in [-0.2, -0.15) is 0 Å². The first-order valence-electron chi connectivity index (χ1n) is 7.47. The highest BCUT2D eigenvalue weighted by molar-refractivity contribution is 5.51. The summed E-state index contributed by atoms with van der Waals surface area (Å²) in [4.78, 5) is 0. The summed E-state index contributed by atoms with van der Waals surface area (Å²) < 4.78 is 14.0. The first-order chi connectivity index (χ1) is 10.2. The van der Waals surface area contributed by atoms with E-state index in [-0.39, 0.29) is 12.4 Å². The zero-order chi connectivity index (χ0) is 14.7. The van der Waals surface area contributed by atoms with Crippen molar-refractivity contribution in [3.05, 3.63) is 65.5 Å². The number of rotatable bonds is 3. The van der Waals surface area contributed by atoms with Gasteiger partial charge in [0, 0.05) is 0 Å². The number of fused-ring (bicyclic) bond motifs is 1. The summed E-state index contributed by atoms with van der Waals surface area (Å²) in [6, 6.07) is 14.8. The molecule has 1 atom stereocenters. The predicted molar refractivity (Wildman–Crippen MR) is 82.8 cm³/mol. The van der Waals surface area contributed by atoms with Gasteiger partial charge in [-0.25, -0.2) is 4.39 Å². The van der Waals surface area contributed by atoms with E-state index >= 15 is 0 Å². The molecule has 0 radical (unpaired) electrons. The molecule has 0 heterocycles. The summed E-state index contributed by atoms with van der Waals surface area (Å²) in [5, 5.41) is 13.4. The third kappa shape index (κ3) is 2.66. The third-order valence-corrected chi connectivity index (χ3v) is 4.35. The molecule has 2 aromatic carbocycles. The van der Waals surface area contributed by atoms with Crippen molar-refractivity contribution in [1.29, 1.82) is 0 Å². The molecule has 0 spiro atoms. The molecule has 2 N–H and O–H groups in total. The number of para-hydroxylation sites is 1. The average molecular weight is 285 g/mol. The van der Waals surface area contributed by atoms with Crippen LogP contribution in [0.5, 0.6) is 0 Å². The fourth-order valence-electron chi connectivity index (χ4n) is 3.24. The van der Waals surface area contributed by atoms with E-state index in [0.717, 1.165) is 31.2 Å². The lowest BCUT2D eigenvalue weighted by Crippen LogP contribution is -2.39. The molecule has 0 aromatic heterocycles. The number of aliphatic hydroxyl groups excluding tert-OH is 1. The van der Waals surface area contributed by atoms with Crippen molar-refractivity contribution >= 4 is 5.69 Å².